The number of nitrogens with zero attached hydrogens (tertiary/aromatic N) is 1. The molecule has 0 unspecified atom stereocenters. The van der Waals surface area contributed by atoms with Gasteiger partial charge in [-0.3, -0.25) is 0 Å². The maximum Gasteiger partial charge on any atom is 0.417 e. The molecule has 0 aliphatic carbocycles. The highest BCUT2D eigenvalue weighted by Gasteiger charge is 2.35. The molecule has 0 N–H and O–H groups in total. The number of hydrogen-bond acceptors (Lipinski definition) is 2. The second-order valence-electron chi connectivity index (χ2n) is 5.36. The molecular weight excluding hydrogens is 362 g/mol. The highest BCUT2D eigenvalue weighted by molar-refractivity contribution is 6.31. The molecule has 2 nitrogen and oxygen atoms in total. The molecule has 0 fully saturated rings. The van der Waals surface area contributed by atoms with Gasteiger partial charge in [-0.1, -0.05) is 42.2 Å². The van der Waals surface area contributed by atoms with Gasteiger partial charge in [0.2, 0.25) is 0 Å². The SMILES string of the molecule is CC(C)C(=NOc1ccc(Cl)cc1)c1cc(Cl)ccc1C(F)(F)F. The monoisotopic (exact) mass is 375 g/mol. The molecule has 0 saturated heterocycles. The van der Waals surface area contributed by atoms with Crippen LogP contribution in [0.2, 0.25) is 10.0 Å². The number of rotatable bonds is 4. The van der Waals surface area contributed by atoms with Crippen molar-refractivity contribution in [1.82, 2.24) is 0 Å². The molecule has 7 heteroatoms. The topological polar surface area (TPSA) is 21.6 Å². The van der Waals surface area contributed by atoms with Crippen LogP contribution >= 0.6 is 23.2 Å². The Balaban J connectivity index is 2.46. The van der Waals surface area contributed by atoms with Crippen LogP contribution in [0.5, 0.6) is 5.75 Å². The van der Waals surface area contributed by atoms with Crippen LogP contribution in [-0.2, 0) is 6.18 Å². The normalized spacial score (nSPS) is 12.6. The van der Waals surface area contributed by atoms with Gasteiger partial charge in [0.1, 0.15) is 0 Å². The van der Waals surface area contributed by atoms with E-state index in [1.54, 1.807) is 38.1 Å². The highest BCUT2D eigenvalue weighted by Crippen LogP contribution is 2.34. The zero-order valence-corrected chi connectivity index (χ0v) is 14.4. The van der Waals surface area contributed by atoms with Crippen molar-refractivity contribution in [2.75, 3.05) is 0 Å². The molecule has 0 saturated carbocycles. The highest BCUT2D eigenvalue weighted by atomic mass is 35.5. The maximum atomic E-state index is 13.3. The van der Waals surface area contributed by atoms with Gasteiger partial charge in [0.25, 0.3) is 0 Å². The predicted molar refractivity (Wildman–Crippen MR) is 89.9 cm³/mol. The second-order valence-corrected chi connectivity index (χ2v) is 6.24. The summed E-state index contributed by atoms with van der Waals surface area (Å²) in [5.41, 5.74) is -0.752. The number of benzene rings is 2. The first-order valence-electron chi connectivity index (χ1n) is 7.06. The standard InChI is InChI=1S/C17H14Cl2F3NO/c1-10(2)16(23-24-13-6-3-11(18)4-7-13)14-9-12(19)5-8-15(14)17(20,21)22/h3-10H,1-2H3. The van der Waals surface area contributed by atoms with Gasteiger partial charge in [-0.15, -0.1) is 0 Å². The number of halogens is 5. The molecular formula is C17H14Cl2F3NO. The Morgan fingerprint density at radius 1 is 1.00 bits per heavy atom. The smallest absolute Gasteiger partial charge is 0.357 e. The fourth-order valence-corrected chi connectivity index (χ4v) is 2.34. The van der Waals surface area contributed by atoms with Crippen LogP contribution in [0.1, 0.15) is 25.0 Å². The van der Waals surface area contributed by atoms with E-state index < -0.39 is 11.7 Å². The van der Waals surface area contributed by atoms with Crippen molar-refractivity contribution in [3.05, 3.63) is 63.6 Å². The summed E-state index contributed by atoms with van der Waals surface area (Å²) in [7, 11) is 0. The fourth-order valence-electron chi connectivity index (χ4n) is 2.04. The van der Waals surface area contributed by atoms with Gasteiger partial charge in [0.15, 0.2) is 5.75 Å². The molecule has 0 aromatic heterocycles. The fraction of sp³-hybridized carbons (Fsp3) is 0.235. The number of hydrogen-bond donors (Lipinski definition) is 0. The summed E-state index contributed by atoms with van der Waals surface area (Å²) in [5, 5.41) is 4.63. The minimum absolute atomic E-state index is 0.0982. The van der Waals surface area contributed by atoms with Crippen LogP contribution in [0.3, 0.4) is 0 Å². The zero-order chi connectivity index (χ0) is 17.9. The number of alkyl halides is 3. The van der Waals surface area contributed by atoms with Crippen LogP contribution in [-0.4, -0.2) is 5.71 Å². The van der Waals surface area contributed by atoms with E-state index in [-0.39, 0.29) is 22.2 Å². The van der Waals surface area contributed by atoms with E-state index in [1.165, 1.54) is 12.1 Å². The summed E-state index contributed by atoms with van der Waals surface area (Å²) in [6.07, 6.45) is -4.52. The molecule has 2 rings (SSSR count). The molecule has 0 amide bonds. The van der Waals surface area contributed by atoms with E-state index in [2.05, 4.69) is 5.16 Å². The molecule has 128 valence electrons. The van der Waals surface area contributed by atoms with Gasteiger partial charge in [-0.05, 0) is 48.4 Å². The van der Waals surface area contributed by atoms with E-state index in [4.69, 9.17) is 28.0 Å². The summed E-state index contributed by atoms with van der Waals surface area (Å²) < 4.78 is 39.8. The van der Waals surface area contributed by atoms with Gasteiger partial charge >= 0.3 is 6.18 Å². The predicted octanol–water partition coefficient (Wildman–Crippen LogP) is 6.45. The Hall–Kier alpha value is -1.72. The molecule has 2 aromatic rings. The summed E-state index contributed by atoms with van der Waals surface area (Å²) in [6.45, 7) is 3.45. The molecule has 24 heavy (non-hydrogen) atoms. The first-order valence-corrected chi connectivity index (χ1v) is 7.81. The van der Waals surface area contributed by atoms with E-state index in [0.717, 1.165) is 6.07 Å². The number of oxime groups is 1. The first-order chi connectivity index (χ1) is 11.2. The van der Waals surface area contributed by atoms with Gasteiger partial charge in [0.05, 0.1) is 11.3 Å². The van der Waals surface area contributed by atoms with E-state index >= 15 is 0 Å². The van der Waals surface area contributed by atoms with Crippen molar-refractivity contribution >= 4 is 28.9 Å². The lowest BCUT2D eigenvalue weighted by atomic mass is 9.95. The van der Waals surface area contributed by atoms with Crippen LogP contribution in [0.15, 0.2) is 47.6 Å². The Labute approximate surface area is 147 Å². The van der Waals surface area contributed by atoms with Gasteiger partial charge in [-0.2, -0.15) is 13.2 Å². The summed E-state index contributed by atoms with van der Waals surface area (Å²) in [6, 6.07) is 9.74. The van der Waals surface area contributed by atoms with E-state index in [1.807, 2.05) is 0 Å². The van der Waals surface area contributed by atoms with E-state index in [0.29, 0.717) is 10.8 Å². The quantitative estimate of drug-likeness (QED) is 0.444. The largest absolute Gasteiger partial charge is 0.417 e. The summed E-state index contributed by atoms with van der Waals surface area (Å²) in [5.74, 6) is 0.0602. The molecule has 0 aliphatic rings. The molecule has 0 radical (unpaired) electrons. The minimum Gasteiger partial charge on any atom is -0.357 e. The van der Waals surface area contributed by atoms with Crippen molar-refractivity contribution in [2.24, 2.45) is 11.1 Å². The van der Waals surface area contributed by atoms with Crippen molar-refractivity contribution in [3.8, 4) is 5.75 Å². The van der Waals surface area contributed by atoms with Crippen LogP contribution in [0, 0.1) is 5.92 Å². The van der Waals surface area contributed by atoms with Gasteiger partial charge in [-0.25, -0.2) is 0 Å². The Kier molecular flexibility index (Phi) is 5.78. The second kappa shape index (κ2) is 7.45. The zero-order valence-electron chi connectivity index (χ0n) is 12.9. The lowest BCUT2D eigenvalue weighted by Gasteiger charge is -2.17. The Morgan fingerprint density at radius 3 is 2.12 bits per heavy atom. The third-order valence-corrected chi connectivity index (χ3v) is 3.66. The van der Waals surface area contributed by atoms with Crippen molar-refractivity contribution in [1.29, 1.82) is 0 Å². The van der Waals surface area contributed by atoms with Gasteiger partial charge < -0.3 is 4.84 Å². The van der Waals surface area contributed by atoms with Crippen LogP contribution in [0.4, 0.5) is 13.2 Å². The van der Waals surface area contributed by atoms with Crippen molar-refractivity contribution < 1.29 is 18.0 Å². The third-order valence-electron chi connectivity index (χ3n) is 3.17. The summed E-state index contributed by atoms with van der Waals surface area (Å²) in [4.78, 5) is 5.27. The molecule has 0 bridgehead atoms. The molecule has 0 atom stereocenters. The maximum absolute atomic E-state index is 13.3. The van der Waals surface area contributed by atoms with Gasteiger partial charge in [0, 0.05) is 15.6 Å². The molecule has 0 aliphatic heterocycles. The van der Waals surface area contributed by atoms with Crippen LogP contribution < -0.4 is 4.84 Å². The average molecular weight is 376 g/mol. The lowest BCUT2D eigenvalue weighted by molar-refractivity contribution is -0.137. The first kappa shape index (κ1) is 18.6. The van der Waals surface area contributed by atoms with Crippen molar-refractivity contribution in [2.45, 2.75) is 20.0 Å². The Morgan fingerprint density at radius 2 is 1.58 bits per heavy atom. The van der Waals surface area contributed by atoms with Crippen LogP contribution in [0.25, 0.3) is 0 Å². The third kappa shape index (κ3) is 4.65. The molecule has 2 aromatic carbocycles. The Bertz CT molecular complexity index is 740. The molecule has 0 heterocycles. The summed E-state index contributed by atoms with van der Waals surface area (Å²) >= 11 is 11.7. The lowest BCUT2D eigenvalue weighted by Crippen LogP contribution is -2.18. The van der Waals surface area contributed by atoms with E-state index in [9.17, 15) is 13.2 Å². The molecule has 0 spiro atoms. The minimum atomic E-state index is -4.52. The average Bonchev–Trinajstić information content (AvgIpc) is 2.48. The van der Waals surface area contributed by atoms with Crippen molar-refractivity contribution in [3.63, 3.8) is 0 Å².